The van der Waals surface area contributed by atoms with Crippen molar-refractivity contribution < 1.29 is 9.53 Å². The van der Waals surface area contributed by atoms with Crippen LogP contribution in [0.3, 0.4) is 0 Å². The predicted octanol–water partition coefficient (Wildman–Crippen LogP) is 4.28. The highest BCUT2D eigenvalue weighted by Gasteiger charge is 2.28. The molecule has 7 nitrogen and oxygen atoms in total. The van der Waals surface area contributed by atoms with Gasteiger partial charge in [-0.15, -0.1) is 11.3 Å². The van der Waals surface area contributed by atoms with E-state index in [0.717, 1.165) is 40.6 Å². The van der Waals surface area contributed by atoms with Gasteiger partial charge >= 0.3 is 6.09 Å². The number of thiazole rings is 1. The second-order valence-electron chi connectivity index (χ2n) is 8.20. The van der Waals surface area contributed by atoms with Gasteiger partial charge in [0.2, 0.25) is 0 Å². The molecule has 0 atom stereocenters. The van der Waals surface area contributed by atoms with Crippen LogP contribution in [0, 0.1) is 6.92 Å². The molecule has 0 aromatic carbocycles. The number of fused-ring (bicyclic) bond motifs is 1. The number of aromatic nitrogens is 4. The van der Waals surface area contributed by atoms with Crippen LogP contribution in [0.4, 0.5) is 4.79 Å². The molecule has 148 valence electrons. The summed E-state index contributed by atoms with van der Waals surface area (Å²) >= 11 is 1.65. The van der Waals surface area contributed by atoms with Crippen molar-refractivity contribution in [3.8, 4) is 10.6 Å². The van der Waals surface area contributed by atoms with Crippen LogP contribution in [0.25, 0.3) is 16.2 Å². The fraction of sp³-hybridized carbons (Fsp3) is 0.500. The Hall–Kier alpha value is -2.48. The molecule has 1 amide bonds. The molecule has 0 spiro atoms. The lowest BCUT2D eigenvalue weighted by molar-refractivity contribution is 0.0204. The molecule has 0 saturated carbocycles. The molecule has 3 aromatic heterocycles. The van der Waals surface area contributed by atoms with Crippen LogP contribution < -0.4 is 0 Å². The minimum atomic E-state index is -0.457. The number of nitrogens with zero attached hydrogens (tertiary/aromatic N) is 5. The second-order valence-corrected chi connectivity index (χ2v) is 9.06. The highest BCUT2D eigenvalue weighted by Crippen LogP contribution is 2.32. The Morgan fingerprint density at radius 1 is 1.21 bits per heavy atom. The number of carbonyl (C=O) groups excluding carboxylic acids is 1. The number of hydrogen-bond donors (Lipinski definition) is 0. The quantitative estimate of drug-likeness (QED) is 0.643. The van der Waals surface area contributed by atoms with E-state index in [2.05, 4.69) is 15.5 Å². The number of ether oxygens (including phenoxy) is 1. The van der Waals surface area contributed by atoms with Gasteiger partial charge in [0, 0.05) is 36.1 Å². The number of aryl methyl sites for hydroxylation is 1. The third-order valence-electron chi connectivity index (χ3n) is 4.77. The van der Waals surface area contributed by atoms with Gasteiger partial charge in [-0.1, -0.05) is 0 Å². The van der Waals surface area contributed by atoms with Gasteiger partial charge in [0.1, 0.15) is 16.4 Å². The molecule has 3 aromatic rings. The first-order chi connectivity index (χ1) is 13.3. The summed E-state index contributed by atoms with van der Waals surface area (Å²) in [5, 5.41) is 7.50. The van der Waals surface area contributed by atoms with Crippen molar-refractivity contribution in [1.29, 1.82) is 0 Å². The van der Waals surface area contributed by atoms with Crippen molar-refractivity contribution in [2.24, 2.45) is 0 Å². The fourth-order valence-corrected chi connectivity index (χ4v) is 4.30. The molecule has 8 heteroatoms. The van der Waals surface area contributed by atoms with Gasteiger partial charge in [0.25, 0.3) is 0 Å². The lowest BCUT2D eigenvalue weighted by atomic mass is 9.94. The van der Waals surface area contributed by atoms with Crippen molar-refractivity contribution in [3.05, 3.63) is 35.2 Å². The Bertz CT molecular complexity index is 996. The standard InChI is InChI=1S/C20H25N5O2S/c1-13-21-17-6-5-15(11-25(17)23-13)18-22-16(12-28-18)14-7-9-24(10-8-14)19(26)27-20(2,3)4/h5-6,11-12,14H,7-10H2,1-4H3. The van der Waals surface area contributed by atoms with Gasteiger partial charge in [0.15, 0.2) is 5.65 Å². The summed E-state index contributed by atoms with van der Waals surface area (Å²) in [5.41, 5.74) is 2.53. The normalized spacial score (nSPS) is 15.9. The molecule has 1 saturated heterocycles. The molecule has 1 aliphatic heterocycles. The van der Waals surface area contributed by atoms with Crippen LogP contribution in [0.15, 0.2) is 23.7 Å². The third kappa shape index (κ3) is 4.01. The maximum absolute atomic E-state index is 12.2. The lowest BCUT2D eigenvalue weighted by Crippen LogP contribution is -2.41. The summed E-state index contributed by atoms with van der Waals surface area (Å²) in [6, 6.07) is 4.01. The maximum atomic E-state index is 12.2. The van der Waals surface area contributed by atoms with E-state index in [9.17, 15) is 4.79 Å². The van der Waals surface area contributed by atoms with E-state index in [4.69, 9.17) is 9.72 Å². The first-order valence-electron chi connectivity index (χ1n) is 9.55. The Morgan fingerprint density at radius 2 is 1.96 bits per heavy atom. The van der Waals surface area contributed by atoms with E-state index in [1.807, 2.05) is 46.0 Å². The molecule has 1 aliphatic rings. The molecule has 0 radical (unpaired) electrons. The average molecular weight is 400 g/mol. The van der Waals surface area contributed by atoms with E-state index < -0.39 is 5.60 Å². The molecule has 0 N–H and O–H groups in total. The van der Waals surface area contributed by atoms with Gasteiger partial charge in [-0.05, 0) is 52.7 Å². The number of carbonyl (C=O) groups is 1. The Morgan fingerprint density at radius 3 is 2.68 bits per heavy atom. The van der Waals surface area contributed by atoms with E-state index >= 15 is 0 Å². The van der Waals surface area contributed by atoms with Crippen LogP contribution in [-0.4, -0.2) is 49.3 Å². The van der Waals surface area contributed by atoms with Crippen molar-refractivity contribution in [1.82, 2.24) is 24.5 Å². The van der Waals surface area contributed by atoms with Crippen molar-refractivity contribution in [2.45, 2.75) is 52.1 Å². The average Bonchev–Trinajstić information content (AvgIpc) is 3.25. The highest BCUT2D eigenvalue weighted by molar-refractivity contribution is 7.13. The minimum Gasteiger partial charge on any atom is -0.444 e. The second kappa shape index (κ2) is 7.16. The van der Waals surface area contributed by atoms with Crippen LogP contribution in [0.2, 0.25) is 0 Å². The number of rotatable bonds is 2. The number of pyridine rings is 1. The molecular formula is C20H25N5O2S. The summed E-state index contributed by atoms with van der Waals surface area (Å²) in [7, 11) is 0. The van der Waals surface area contributed by atoms with E-state index in [1.54, 1.807) is 20.8 Å². The largest absolute Gasteiger partial charge is 0.444 e. The minimum absolute atomic E-state index is 0.221. The number of amides is 1. The first kappa shape index (κ1) is 18.9. The van der Waals surface area contributed by atoms with Crippen molar-refractivity contribution in [3.63, 3.8) is 0 Å². The lowest BCUT2D eigenvalue weighted by Gasteiger charge is -2.32. The Kier molecular flexibility index (Phi) is 4.82. The van der Waals surface area contributed by atoms with Gasteiger partial charge in [0.05, 0.1) is 5.69 Å². The fourth-order valence-electron chi connectivity index (χ4n) is 3.41. The van der Waals surface area contributed by atoms with Gasteiger partial charge in [-0.25, -0.2) is 19.3 Å². The predicted molar refractivity (Wildman–Crippen MR) is 109 cm³/mol. The summed E-state index contributed by atoms with van der Waals surface area (Å²) in [6.45, 7) is 8.98. The SMILES string of the molecule is Cc1nc2ccc(-c3nc(C4CCN(C(=O)OC(C)(C)C)CC4)cs3)cn2n1. The van der Waals surface area contributed by atoms with Crippen LogP contribution >= 0.6 is 11.3 Å². The molecule has 28 heavy (non-hydrogen) atoms. The van der Waals surface area contributed by atoms with E-state index in [0.29, 0.717) is 19.0 Å². The Balaban J connectivity index is 1.43. The smallest absolute Gasteiger partial charge is 0.410 e. The summed E-state index contributed by atoms with van der Waals surface area (Å²) < 4.78 is 7.27. The van der Waals surface area contributed by atoms with Gasteiger partial charge in [-0.3, -0.25) is 0 Å². The first-order valence-corrected chi connectivity index (χ1v) is 10.4. The zero-order valence-electron chi connectivity index (χ0n) is 16.7. The van der Waals surface area contributed by atoms with Crippen molar-refractivity contribution in [2.75, 3.05) is 13.1 Å². The molecule has 0 aliphatic carbocycles. The van der Waals surface area contributed by atoms with Gasteiger partial charge < -0.3 is 9.64 Å². The van der Waals surface area contributed by atoms with E-state index in [1.165, 1.54) is 0 Å². The van der Waals surface area contributed by atoms with Gasteiger partial charge in [-0.2, -0.15) is 5.10 Å². The maximum Gasteiger partial charge on any atom is 0.410 e. The van der Waals surface area contributed by atoms with Crippen LogP contribution in [0.5, 0.6) is 0 Å². The monoisotopic (exact) mass is 399 g/mol. The molecular weight excluding hydrogens is 374 g/mol. The Labute approximate surface area is 168 Å². The van der Waals surface area contributed by atoms with Crippen LogP contribution in [0.1, 0.15) is 51.0 Å². The number of hydrogen-bond acceptors (Lipinski definition) is 6. The molecule has 0 bridgehead atoms. The number of likely N-dealkylation sites (tertiary alicyclic amines) is 1. The third-order valence-corrected chi connectivity index (χ3v) is 5.68. The number of piperidine rings is 1. The molecule has 1 fully saturated rings. The zero-order valence-corrected chi connectivity index (χ0v) is 17.5. The molecule has 4 heterocycles. The van der Waals surface area contributed by atoms with Crippen LogP contribution in [-0.2, 0) is 4.74 Å². The van der Waals surface area contributed by atoms with E-state index in [-0.39, 0.29) is 6.09 Å². The molecule has 0 unspecified atom stereocenters. The summed E-state index contributed by atoms with van der Waals surface area (Å²) in [4.78, 5) is 23.3. The highest BCUT2D eigenvalue weighted by atomic mass is 32.1. The zero-order chi connectivity index (χ0) is 19.9. The summed E-state index contributed by atoms with van der Waals surface area (Å²) in [5.74, 6) is 1.13. The van der Waals surface area contributed by atoms with Crippen molar-refractivity contribution >= 4 is 23.1 Å². The summed E-state index contributed by atoms with van der Waals surface area (Å²) in [6.07, 6.45) is 3.57. The topological polar surface area (TPSA) is 72.6 Å². The molecule has 4 rings (SSSR count).